The molecule has 11 heavy (non-hydrogen) atoms. The number of hydrogen-bond acceptors (Lipinski definition) is 1. The van der Waals surface area contributed by atoms with Crippen molar-refractivity contribution in [2.75, 3.05) is 6.86 Å². The van der Waals surface area contributed by atoms with E-state index in [1.807, 2.05) is 12.1 Å². The lowest BCUT2D eigenvalue weighted by Gasteiger charge is -2.03. The fraction of sp³-hybridized carbons (Fsp3) is 0.111. The van der Waals surface area contributed by atoms with E-state index in [1.54, 1.807) is 18.2 Å². The van der Waals surface area contributed by atoms with Crippen molar-refractivity contribution in [2.45, 2.75) is 0 Å². The van der Waals surface area contributed by atoms with Crippen molar-refractivity contribution in [1.29, 1.82) is 0 Å². The van der Waals surface area contributed by atoms with Gasteiger partial charge in [0, 0.05) is 5.56 Å². The highest BCUT2D eigenvalue weighted by molar-refractivity contribution is 5.55. The standard InChI is InChI=1S/C9H9FO/c1-2-8-5-3-4-6-9(8)11-7-10/h2-6H,1,7H2. The van der Waals surface area contributed by atoms with Gasteiger partial charge >= 0.3 is 0 Å². The summed E-state index contributed by atoms with van der Waals surface area (Å²) < 4.78 is 16.4. The Kier molecular flexibility index (Phi) is 2.66. The van der Waals surface area contributed by atoms with Gasteiger partial charge in [-0.15, -0.1) is 0 Å². The van der Waals surface area contributed by atoms with Gasteiger partial charge in [0.1, 0.15) is 5.75 Å². The van der Waals surface area contributed by atoms with Gasteiger partial charge in [0.15, 0.2) is 0 Å². The minimum Gasteiger partial charge on any atom is -0.462 e. The van der Waals surface area contributed by atoms with E-state index in [-0.39, 0.29) is 0 Å². The van der Waals surface area contributed by atoms with E-state index in [9.17, 15) is 4.39 Å². The zero-order valence-corrected chi connectivity index (χ0v) is 6.09. The first-order valence-corrected chi connectivity index (χ1v) is 3.28. The number of para-hydroxylation sites is 1. The van der Waals surface area contributed by atoms with Crippen LogP contribution in [-0.2, 0) is 0 Å². The molecule has 1 aromatic rings. The molecule has 0 bridgehead atoms. The van der Waals surface area contributed by atoms with E-state index in [1.165, 1.54) is 0 Å². The monoisotopic (exact) mass is 152 g/mol. The van der Waals surface area contributed by atoms with Gasteiger partial charge in [0.2, 0.25) is 6.86 Å². The van der Waals surface area contributed by atoms with Crippen molar-refractivity contribution in [3.8, 4) is 5.75 Å². The Morgan fingerprint density at radius 2 is 2.18 bits per heavy atom. The van der Waals surface area contributed by atoms with E-state index in [0.29, 0.717) is 5.75 Å². The largest absolute Gasteiger partial charge is 0.462 e. The molecule has 1 rings (SSSR count). The van der Waals surface area contributed by atoms with E-state index < -0.39 is 6.86 Å². The van der Waals surface area contributed by atoms with Crippen molar-refractivity contribution >= 4 is 6.08 Å². The summed E-state index contributed by atoms with van der Waals surface area (Å²) in [6.45, 7) is 2.77. The van der Waals surface area contributed by atoms with E-state index >= 15 is 0 Å². The fourth-order valence-corrected chi connectivity index (χ4v) is 0.839. The van der Waals surface area contributed by atoms with Crippen LogP contribution in [0.2, 0.25) is 0 Å². The zero-order chi connectivity index (χ0) is 8.10. The summed E-state index contributed by atoms with van der Waals surface area (Å²) in [5.74, 6) is 0.532. The van der Waals surface area contributed by atoms with Gasteiger partial charge in [-0.2, -0.15) is 0 Å². The van der Waals surface area contributed by atoms with Gasteiger partial charge in [-0.25, -0.2) is 4.39 Å². The van der Waals surface area contributed by atoms with Crippen molar-refractivity contribution in [2.24, 2.45) is 0 Å². The highest BCUT2D eigenvalue weighted by atomic mass is 19.1. The lowest BCUT2D eigenvalue weighted by atomic mass is 10.2. The lowest BCUT2D eigenvalue weighted by Crippen LogP contribution is -1.91. The minimum atomic E-state index is -0.801. The third-order valence-electron chi connectivity index (χ3n) is 1.35. The van der Waals surface area contributed by atoms with E-state index in [4.69, 9.17) is 0 Å². The van der Waals surface area contributed by atoms with Crippen LogP contribution in [0.4, 0.5) is 4.39 Å². The molecule has 0 atom stereocenters. The first-order chi connectivity index (χ1) is 5.38. The molecule has 0 unspecified atom stereocenters. The second kappa shape index (κ2) is 3.76. The molecule has 58 valence electrons. The predicted molar refractivity (Wildman–Crippen MR) is 43.1 cm³/mol. The van der Waals surface area contributed by atoms with Crippen LogP contribution in [-0.4, -0.2) is 6.86 Å². The maximum Gasteiger partial charge on any atom is 0.228 e. The van der Waals surface area contributed by atoms with Crippen LogP contribution < -0.4 is 4.74 Å². The van der Waals surface area contributed by atoms with Gasteiger partial charge in [-0.05, 0) is 6.07 Å². The van der Waals surface area contributed by atoms with Crippen molar-refractivity contribution in [1.82, 2.24) is 0 Å². The first-order valence-electron chi connectivity index (χ1n) is 3.28. The normalized spacial score (nSPS) is 9.18. The smallest absolute Gasteiger partial charge is 0.228 e. The van der Waals surface area contributed by atoms with Crippen LogP contribution in [0.15, 0.2) is 30.8 Å². The number of hydrogen-bond donors (Lipinski definition) is 0. The first kappa shape index (κ1) is 7.79. The molecule has 0 aliphatic carbocycles. The minimum absolute atomic E-state index is 0.532. The molecule has 0 spiro atoms. The molecule has 0 aromatic heterocycles. The molecule has 0 radical (unpaired) electrons. The average Bonchev–Trinajstić information content (AvgIpc) is 2.06. The van der Waals surface area contributed by atoms with Crippen LogP contribution in [0.3, 0.4) is 0 Å². The van der Waals surface area contributed by atoms with E-state index in [0.717, 1.165) is 5.56 Å². The van der Waals surface area contributed by atoms with E-state index in [2.05, 4.69) is 11.3 Å². The Morgan fingerprint density at radius 3 is 2.82 bits per heavy atom. The molecule has 0 aliphatic heterocycles. The number of rotatable bonds is 3. The molecular formula is C9H9FO. The summed E-state index contributed by atoms with van der Waals surface area (Å²) in [5.41, 5.74) is 0.810. The summed E-state index contributed by atoms with van der Waals surface area (Å²) >= 11 is 0. The van der Waals surface area contributed by atoms with Crippen LogP contribution in [0.25, 0.3) is 6.08 Å². The Balaban J connectivity index is 2.92. The third-order valence-corrected chi connectivity index (χ3v) is 1.35. The molecule has 0 N–H and O–H groups in total. The molecule has 0 amide bonds. The van der Waals surface area contributed by atoms with Crippen LogP contribution in [0.1, 0.15) is 5.56 Å². The van der Waals surface area contributed by atoms with Gasteiger partial charge in [0.05, 0.1) is 0 Å². The Labute approximate surface area is 65.1 Å². The molecule has 0 saturated carbocycles. The van der Waals surface area contributed by atoms with Gasteiger partial charge in [-0.3, -0.25) is 0 Å². The highest BCUT2D eigenvalue weighted by Gasteiger charge is 1.96. The van der Waals surface area contributed by atoms with Crippen LogP contribution in [0, 0.1) is 0 Å². The van der Waals surface area contributed by atoms with Crippen molar-refractivity contribution in [3.63, 3.8) is 0 Å². The van der Waals surface area contributed by atoms with Gasteiger partial charge in [0.25, 0.3) is 0 Å². The Bertz CT molecular complexity index is 245. The van der Waals surface area contributed by atoms with Crippen LogP contribution in [0.5, 0.6) is 5.75 Å². The summed E-state index contributed by atoms with van der Waals surface area (Å²) in [6.07, 6.45) is 1.63. The highest BCUT2D eigenvalue weighted by Crippen LogP contribution is 2.18. The number of alkyl halides is 1. The summed E-state index contributed by atoms with van der Waals surface area (Å²) in [5, 5.41) is 0. The second-order valence-electron chi connectivity index (χ2n) is 2.00. The molecule has 0 aliphatic rings. The molecule has 1 aromatic carbocycles. The maximum atomic E-state index is 11.7. The number of halogens is 1. The van der Waals surface area contributed by atoms with Gasteiger partial charge < -0.3 is 4.74 Å². The second-order valence-corrected chi connectivity index (χ2v) is 2.00. The molecule has 0 fully saturated rings. The Hall–Kier alpha value is -1.31. The molecular weight excluding hydrogens is 143 g/mol. The van der Waals surface area contributed by atoms with Crippen molar-refractivity contribution in [3.05, 3.63) is 36.4 Å². The third kappa shape index (κ3) is 1.80. The molecule has 2 heteroatoms. The van der Waals surface area contributed by atoms with Gasteiger partial charge in [-0.1, -0.05) is 30.9 Å². The average molecular weight is 152 g/mol. The number of benzene rings is 1. The summed E-state index contributed by atoms with van der Waals surface area (Å²) in [7, 11) is 0. The quantitative estimate of drug-likeness (QED) is 0.647. The summed E-state index contributed by atoms with van der Waals surface area (Å²) in [6, 6.07) is 7.16. The molecule has 0 saturated heterocycles. The van der Waals surface area contributed by atoms with Crippen molar-refractivity contribution < 1.29 is 9.13 Å². The fourth-order valence-electron chi connectivity index (χ4n) is 0.839. The number of ether oxygens (including phenoxy) is 1. The molecule has 1 nitrogen and oxygen atoms in total. The Morgan fingerprint density at radius 1 is 1.45 bits per heavy atom. The topological polar surface area (TPSA) is 9.23 Å². The lowest BCUT2D eigenvalue weighted by molar-refractivity contribution is 0.191. The summed E-state index contributed by atoms with van der Waals surface area (Å²) in [4.78, 5) is 0. The SMILES string of the molecule is C=Cc1ccccc1OCF. The van der Waals surface area contributed by atoms with Crippen LogP contribution >= 0.6 is 0 Å². The zero-order valence-electron chi connectivity index (χ0n) is 6.09. The maximum absolute atomic E-state index is 11.7. The molecule has 0 heterocycles. The predicted octanol–water partition coefficient (Wildman–Crippen LogP) is 2.64.